The number of halogens is 2. The average Bonchev–Trinajstić information content (AvgIpc) is 2.67. The molecule has 2 aromatic carbocycles. The summed E-state index contributed by atoms with van der Waals surface area (Å²) < 4.78 is 0. The maximum absolute atomic E-state index is 12.3. The Hall–Kier alpha value is -1.55. The van der Waals surface area contributed by atoms with Crippen molar-refractivity contribution in [3.63, 3.8) is 0 Å². The second-order valence-corrected chi connectivity index (χ2v) is 7.96. The molecule has 5 heteroatoms. The van der Waals surface area contributed by atoms with Crippen molar-refractivity contribution < 1.29 is 4.79 Å². The van der Waals surface area contributed by atoms with Crippen LogP contribution in [0.1, 0.15) is 42.4 Å². The van der Waals surface area contributed by atoms with Gasteiger partial charge in [-0.1, -0.05) is 60.0 Å². The molecule has 0 atom stereocenters. The van der Waals surface area contributed by atoms with E-state index in [2.05, 4.69) is 28.4 Å². The minimum absolute atomic E-state index is 0.0359. The summed E-state index contributed by atoms with van der Waals surface area (Å²) in [6.07, 6.45) is 4.93. The van der Waals surface area contributed by atoms with Crippen LogP contribution in [0.25, 0.3) is 0 Å². The molecular weight excluding hydrogens is 379 g/mol. The number of hydrogen-bond acceptors (Lipinski definition) is 2. The molecule has 0 aliphatic carbocycles. The normalized spacial score (nSPS) is 14.9. The highest BCUT2D eigenvalue weighted by molar-refractivity contribution is 6.35. The minimum atomic E-state index is 0.0359. The van der Waals surface area contributed by atoms with Crippen molar-refractivity contribution in [1.82, 2.24) is 10.2 Å². The van der Waals surface area contributed by atoms with Crippen LogP contribution < -0.4 is 5.32 Å². The van der Waals surface area contributed by atoms with Gasteiger partial charge in [-0.3, -0.25) is 9.69 Å². The lowest BCUT2D eigenvalue weighted by molar-refractivity contribution is -0.121. The third-order valence-corrected chi connectivity index (χ3v) is 5.66. The predicted octanol–water partition coefficient (Wildman–Crippen LogP) is 5.23. The summed E-state index contributed by atoms with van der Waals surface area (Å²) in [5.41, 5.74) is 3.45. The van der Waals surface area contributed by atoms with Crippen LogP contribution in [-0.4, -0.2) is 23.9 Å². The number of aryl methyl sites for hydroxylation is 1. The first-order valence-corrected chi connectivity index (χ1v) is 10.4. The average molecular weight is 405 g/mol. The van der Waals surface area contributed by atoms with Gasteiger partial charge in [0.15, 0.2) is 0 Å². The maximum atomic E-state index is 12.3. The monoisotopic (exact) mass is 404 g/mol. The molecule has 1 N–H and O–H groups in total. The molecular formula is C22H26Cl2N2O. The molecule has 0 radical (unpaired) electrons. The fourth-order valence-corrected chi connectivity index (χ4v) is 4.00. The Balaban J connectivity index is 1.51. The molecule has 1 aliphatic rings. The third kappa shape index (κ3) is 6.24. The lowest BCUT2D eigenvalue weighted by Gasteiger charge is -2.27. The van der Waals surface area contributed by atoms with Gasteiger partial charge in [-0.15, -0.1) is 0 Å². The number of benzene rings is 2. The third-order valence-electron chi connectivity index (χ3n) is 5.07. The number of nitrogens with one attached hydrogen (secondary N) is 1. The van der Waals surface area contributed by atoms with Crippen molar-refractivity contribution in [2.75, 3.05) is 13.1 Å². The number of amides is 1. The Kier molecular flexibility index (Phi) is 7.57. The number of rotatable bonds is 7. The van der Waals surface area contributed by atoms with Gasteiger partial charge in [-0.2, -0.15) is 0 Å². The van der Waals surface area contributed by atoms with E-state index in [0.717, 1.165) is 12.1 Å². The summed E-state index contributed by atoms with van der Waals surface area (Å²) in [7, 11) is 0. The van der Waals surface area contributed by atoms with E-state index < -0.39 is 0 Å². The number of carbonyl (C=O) groups excluding carboxylic acids is 1. The van der Waals surface area contributed by atoms with E-state index in [1.807, 2.05) is 12.1 Å². The van der Waals surface area contributed by atoms with Crippen LogP contribution >= 0.6 is 23.2 Å². The van der Waals surface area contributed by atoms with E-state index in [0.29, 0.717) is 29.4 Å². The lowest BCUT2D eigenvalue weighted by atomic mass is 10.0. The maximum Gasteiger partial charge on any atom is 0.220 e. The molecule has 2 aromatic rings. The van der Waals surface area contributed by atoms with Crippen LogP contribution in [0.4, 0.5) is 0 Å². The van der Waals surface area contributed by atoms with Crippen molar-refractivity contribution in [1.29, 1.82) is 0 Å². The van der Waals surface area contributed by atoms with Crippen LogP contribution in [0, 0.1) is 0 Å². The molecule has 1 amide bonds. The Morgan fingerprint density at radius 1 is 0.963 bits per heavy atom. The molecule has 1 fully saturated rings. The second kappa shape index (κ2) is 10.1. The smallest absolute Gasteiger partial charge is 0.220 e. The van der Waals surface area contributed by atoms with Gasteiger partial charge in [0.2, 0.25) is 5.91 Å². The van der Waals surface area contributed by atoms with Gasteiger partial charge in [0.1, 0.15) is 0 Å². The van der Waals surface area contributed by atoms with Crippen molar-refractivity contribution >= 4 is 29.1 Å². The van der Waals surface area contributed by atoms with Crippen molar-refractivity contribution in [2.24, 2.45) is 0 Å². The van der Waals surface area contributed by atoms with Crippen molar-refractivity contribution in [3.8, 4) is 0 Å². The number of nitrogens with zero attached hydrogens (tertiary/aromatic N) is 1. The Morgan fingerprint density at radius 3 is 2.44 bits per heavy atom. The van der Waals surface area contributed by atoms with Crippen molar-refractivity contribution in [3.05, 3.63) is 69.2 Å². The number of hydrogen-bond donors (Lipinski definition) is 1. The van der Waals surface area contributed by atoms with Gasteiger partial charge in [0.25, 0.3) is 0 Å². The first-order chi connectivity index (χ1) is 13.1. The summed E-state index contributed by atoms with van der Waals surface area (Å²) in [5.74, 6) is 0.0359. The zero-order valence-electron chi connectivity index (χ0n) is 15.5. The van der Waals surface area contributed by atoms with Gasteiger partial charge in [0.05, 0.1) is 0 Å². The summed E-state index contributed by atoms with van der Waals surface area (Å²) in [5, 5.41) is 4.27. The van der Waals surface area contributed by atoms with Gasteiger partial charge in [0, 0.05) is 29.6 Å². The molecule has 144 valence electrons. The SMILES string of the molecule is O=C(CCc1ccc(Cl)cc1Cl)NCc1ccccc1CN1CCCCC1. The zero-order chi connectivity index (χ0) is 19.1. The van der Waals surface area contributed by atoms with Crippen molar-refractivity contribution in [2.45, 2.75) is 45.2 Å². The molecule has 0 aromatic heterocycles. The summed E-state index contributed by atoms with van der Waals surface area (Å²) in [4.78, 5) is 14.8. The van der Waals surface area contributed by atoms with Crippen LogP contribution in [-0.2, 0) is 24.3 Å². The molecule has 0 unspecified atom stereocenters. The minimum Gasteiger partial charge on any atom is -0.352 e. The first-order valence-electron chi connectivity index (χ1n) is 9.61. The summed E-state index contributed by atoms with van der Waals surface area (Å²) in [6, 6.07) is 13.8. The molecule has 3 rings (SSSR count). The van der Waals surface area contributed by atoms with E-state index in [1.54, 1.807) is 12.1 Å². The van der Waals surface area contributed by atoms with E-state index in [4.69, 9.17) is 23.2 Å². The zero-order valence-corrected chi connectivity index (χ0v) is 17.0. The highest BCUT2D eigenvalue weighted by atomic mass is 35.5. The highest BCUT2D eigenvalue weighted by Crippen LogP contribution is 2.22. The number of likely N-dealkylation sites (tertiary alicyclic amines) is 1. The molecule has 1 saturated heterocycles. The number of carbonyl (C=O) groups is 1. The second-order valence-electron chi connectivity index (χ2n) is 7.12. The van der Waals surface area contributed by atoms with Crippen LogP contribution in [0.15, 0.2) is 42.5 Å². The van der Waals surface area contributed by atoms with Gasteiger partial charge in [-0.25, -0.2) is 0 Å². The van der Waals surface area contributed by atoms with Gasteiger partial charge >= 0.3 is 0 Å². The Labute approximate surface area is 171 Å². The molecule has 0 spiro atoms. The Morgan fingerprint density at radius 2 is 1.70 bits per heavy atom. The molecule has 0 bridgehead atoms. The fourth-order valence-electron chi connectivity index (χ4n) is 3.50. The van der Waals surface area contributed by atoms with E-state index in [-0.39, 0.29) is 5.91 Å². The molecule has 1 aliphatic heterocycles. The quantitative estimate of drug-likeness (QED) is 0.684. The standard InChI is InChI=1S/C22H26Cl2N2O/c23-20-10-8-17(21(24)14-20)9-11-22(27)25-15-18-6-2-3-7-19(18)16-26-12-4-1-5-13-26/h2-3,6-8,10,14H,1,4-5,9,11-13,15-16H2,(H,25,27). The fraction of sp³-hybridized carbons (Fsp3) is 0.409. The van der Waals surface area contributed by atoms with E-state index in [9.17, 15) is 4.79 Å². The van der Waals surface area contributed by atoms with Crippen LogP contribution in [0.5, 0.6) is 0 Å². The van der Waals surface area contributed by atoms with Gasteiger partial charge < -0.3 is 5.32 Å². The molecule has 0 saturated carbocycles. The first kappa shape index (κ1) is 20.2. The highest BCUT2D eigenvalue weighted by Gasteiger charge is 2.13. The topological polar surface area (TPSA) is 32.3 Å². The largest absolute Gasteiger partial charge is 0.352 e. The summed E-state index contributed by atoms with van der Waals surface area (Å²) >= 11 is 12.1. The molecule has 1 heterocycles. The van der Waals surface area contributed by atoms with Crippen LogP contribution in [0.2, 0.25) is 10.0 Å². The Bertz CT molecular complexity index is 773. The van der Waals surface area contributed by atoms with Gasteiger partial charge in [-0.05, 0) is 61.2 Å². The lowest BCUT2D eigenvalue weighted by Crippen LogP contribution is -2.30. The number of piperidine rings is 1. The van der Waals surface area contributed by atoms with E-state index in [1.165, 1.54) is 43.5 Å². The molecule has 3 nitrogen and oxygen atoms in total. The predicted molar refractivity (Wildman–Crippen MR) is 112 cm³/mol. The van der Waals surface area contributed by atoms with Crippen LogP contribution in [0.3, 0.4) is 0 Å². The molecule has 27 heavy (non-hydrogen) atoms. The van der Waals surface area contributed by atoms with E-state index >= 15 is 0 Å². The summed E-state index contributed by atoms with van der Waals surface area (Å²) in [6.45, 7) is 3.87.